The third-order valence-electron chi connectivity index (χ3n) is 6.33. The van der Waals surface area contributed by atoms with E-state index in [-0.39, 0.29) is 18.4 Å². The van der Waals surface area contributed by atoms with E-state index < -0.39 is 17.9 Å². The SMILES string of the molecule is CC(C)(C)C(c1ccc2cc(OCCCc3ccccc3)ccc2c1)N(CCc1noc(=O)[nH]1)C(=O)O. The van der Waals surface area contributed by atoms with E-state index in [2.05, 4.69) is 26.8 Å². The number of aromatic nitrogens is 2. The monoisotopic (exact) mass is 503 g/mol. The largest absolute Gasteiger partial charge is 0.494 e. The number of amides is 1. The summed E-state index contributed by atoms with van der Waals surface area (Å²) in [4.78, 5) is 27.4. The van der Waals surface area contributed by atoms with Crippen LogP contribution in [0.3, 0.4) is 0 Å². The lowest BCUT2D eigenvalue weighted by Gasteiger charge is -2.39. The van der Waals surface area contributed by atoms with Gasteiger partial charge in [-0.15, -0.1) is 0 Å². The second-order valence-corrected chi connectivity index (χ2v) is 10.2. The standard InChI is InChI=1S/C29H33N3O5/c1-29(2,3)26(32(28(34)35)16-15-25-30-27(33)37-31-25)23-12-11-22-19-24(14-13-21(22)18-23)36-17-7-10-20-8-5-4-6-9-20/h4-6,8-9,11-14,18-19,26H,7,10,15-17H2,1-3H3,(H,34,35)(H,30,31,33). The van der Waals surface area contributed by atoms with Crippen LogP contribution in [0.4, 0.5) is 4.79 Å². The average molecular weight is 504 g/mol. The highest BCUT2D eigenvalue weighted by Crippen LogP contribution is 2.39. The number of aromatic amines is 1. The molecule has 0 bridgehead atoms. The van der Waals surface area contributed by atoms with Crippen LogP contribution in [0.5, 0.6) is 5.75 Å². The Hall–Kier alpha value is -4.07. The van der Waals surface area contributed by atoms with Crippen LogP contribution in [-0.2, 0) is 12.8 Å². The molecular weight excluding hydrogens is 470 g/mol. The van der Waals surface area contributed by atoms with Gasteiger partial charge in [0.1, 0.15) is 5.75 Å². The van der Waals surface area contributed by atoms with Crippen molar-refractivity contribution in [1.82, 2.24) is 15.0 Å². The number of hydrogen-bond acceptors (Lipinski definition) is 5. The highest BCUT2D eigenvalue weighted by atomic mass is 16.5. The van der Waals surface area contributed by atoms with Crippen molar-refractivity contribution in [2.75, 3.05) is 13.2 Å². The second kappa shape index (κ2) is 11.3. The first-order valence-electron chi connectivity index (χ1n) is 12.5. The summed E-state index contributed by atoms with van der Waals surface area (Å²) in [6.45, 7) is 6.84. The number of hydrogen-bond donors (Lipinski definition) is 2. The lowest BCUT2D eigenvalue weighted by molar-refractivity contribution is 0.0820. The minimum atomic E-state index is -1.04. The van der Waals surface area contributed by atoms with Gasteiger partial charge in [-0.25, -0.2) is 9.59 Å². The number of nitrogens with zero attached hydrogens (tertiary/aromatic N) is 2. The number of ether oxygens (including phenoxy) is 1. The van der Waals surface area contributed by atoms with E-state index >= 15 is 0 Å². The zero-order valence-corrected chi connectivity index (χ0v) is 21.4. The van der Waals surface area contributed by atoms with Gasteiger partial charge < -0.3 is 14.7 Å². The molecule has 4 aromatic rings. The van der Waals surface area contributed by atoms with Crippen molar-refractivity contribution in [3.05, 3.63) is 94.2 Å². The van der Waals surface area contributed by atoms with Gasteiger partial charge in [-0.1, -0.05) is 74.5 Å². The van der Waals surface area contributed by atoms with Gasteiger partial charge in [0.2, 0.25) is 0 Å². The van der Waals surface area contributed by atoms with Gasteiger partial charge >= 0.3 is 11.8 Å². The molecule has 0 aliphatic heterocycles. The van der Waals surface area contributed by atoms with Crippen LogP contribution in [-0.4, -0.2) is 39.4 Å². The minimum Gasteiger partial charge on any atom is -0.494 e. The van der Waals surface area contributed by atoms with E-state index in [1.165, 1.54) is 10.5 Å². The Bertz CT molecular complexity index is 1390. The Morgan fingerprint density at radius 2 is 1.78 bits per heavy atom. The molecule has 0 saturated heterocycles. The van der Waals surface area contributed by atoms with E-state index in [9.17, 15) is 14.7 Å². The Morgan fingerprint density at radius 1 is 1.05 bits per heavy atom. The normalized spacial score (nSPS) is 12.4. The van der Waals surface area contributed by atoms with Gasteiger partial charge in [0.15, 0.2) is 5.82 Å². The van der Waals surface area contributed by atoms with Crippen LogP contribution in [0.25, 0.3) is 10.8 Å². The van der Waals surface area contributed by atoms with Crippen molar-refractivity contribution < 1.29 is 19.2 Å². The van der Waals surface area contributed by atoms with E-state index in [1.54, 1.807) is 0 Å². The molecule has 0 aliphatic rings. The van der Waals surface area contributed by atoms with E-state index in [0.29, 0.717) is 12.4 Å². The summed E-state index contributed by atoms with van der Waals surface area (Å²) in [5.41, 5.74) is 1.81. The summed E-state index contributed by atoms with van der Waals surface area (Å²) in [5, 5.41) is 15.8. The third-order valence-corrected chi connectivity index (χ3v) is 6.33. The van der Waals surface area contributed by atoms with Crippen molar-refractivity contribution >= 4 is 16.9 Å². The highest BCUT2D eigenvalue weighted by molar-refractivity contribution is 5.84. The van der Waals surface area contributed by atoms with Crippen LogP contribution in [0, 0.1) is 5.41 Å². The van der Waals surface area contributed by atoms with Gasteiger partial charge in [0, 0.05) is 13.0 Å². The predicted molar refractivity (Wildman–Crippen MR) is 142 cm³/mol. The summed E-state index contributed by atoms with van der Waals surface area (Å²) in [7, 11) is 0. The fraction of sp³-hybridized carbons (Fsp3) is 0.345. The molecule has 1 unspecified atom stereocenters. The van der Waals surface area contributed by atoms with Crippen LogP contribution in [0.2, 0.25) is 0 Å². The molecular formula is C29H33N3O5. The van der Waals surface area contributed by atoms with Gasteiger partial charge in [0.05, 0.1) is 12.6 Å². The van der Waals surface area contributed by atoms with Gasteiger partial charge in [-0.05, 0) is 58.4 Å². The Morgan fingerprint density at radius 3 is 2.46 bits per heavy atom. The predicted octanol–water partition coefficient (Wildman–Crippen LogP) is 5.84. The van der Waals surface area contributed by atoms with Crippen LogP contribution in [0.15, 0.2) is 76.0 Å². The molecule has 37 heavy (non-hydrogen) atoms. The zero-order chi connectivity index (χ0) is 26.4. The number of H-pyrrole nitrogens is 1. The zero-order valence-electron chi connectivity index (χ0n) is 21.4. The summed E-state index contributed by atoms with van der Waals surface area (Å²) < 4.78 is 10.5. The number of rotatable bonds is 10. The molecule has 194 valence electrons. The van der Waals surface area contributed by atoms with E-state index in [4.69, 9.17) is 4.74 Å². The molecule has 0 aliphatic carbocycles. The molecule has 0 spiro atoms. The third kappa shape index (κ3) is 6.78. The van der Waals surface area contributed by atoms with Crippen molar-refractivity contribution in [3.63, 3.8) is 0 Å². The maximum Gasteiger partial charge on any atom is 0.438 e. The molecule has 0 fully saturated rings. The molecule has 0 saturated carbocycles. The second-order valence-electron chi connectivity index (χ2n) is 10.2. The van der Waals surface area contributed by atoms with Crippen molar-refractivity contribution in [2.24, 2.45) is 5.41 Å². The van der Waals surface area contributed by atoms with Gasteiger partial charge in [-0.3, -0.25) is 9.51 Å². The summed E-state index contributed by atoms with van der Waals surface area (Å²) >= 11 is 0. The molecule has 1 atom stereocenters. The van der Waals surface area contributed by atoms with Gasteiger partial charge in [-0.2, -0.15) is 0 Å². The van der Waals surface area contributed by atoms with Crippen LogP contribution in [0.1, 0.15) is 50.2 Å². The first kappa shape index (κ1) is 26.0. The minimum absolute atomic E-state index is 0.160. The first-order valence-corrected chi connectivity index (χ1v) is 12.5. The van der Waals surface area contributed by atoms with Crippen molar-refractivity contribution in [3.8, 4) is 5.75 Å². The molecule has 8 nitrogen and oxygen atoms in total. The maximum absolute atomic E-state index is 12.3. The van der Waals surface area contributed by atoms with Gasteiger partial charge in [0.25, 0.3) is 0 Å². The molecule has 8 heteroatoms. The molecule has 2 N–H and O–H groups in total. The Balaban J connectivity index is 1.49. The summed E-state index contributed by atoms with van der Waals surface area (Å²) in [5.74, 6) is 0.478. The number of benzene rings is 3. The maximum atomic E-state index is 12.3. The molecule has 3 aromatic carbocycles. The Labute approximate surface area is 215 Å². The average Bonchev–Trinajstić information content (AvgIpc) is 3.28. The van der Waals surface area contributed by atoms with E-state index in [0.717, 1.165) is 34.9 Å². The highest BCUT2D eigenvalue weighted by Gasteiger charge is 2.35. The molecule has 4 rings (SSSR count). The molecule has 1 aromatic heterocycles. The van der Waals surface area contributed by atoms with Crippen LogP contribution >= 0.6 is 0 Å². The topological polar surface area (TPSA) is 109 Å². The number of aryl methyl sites for hydroxylation is 1. The lowest BCUT2D eigenvalue weighted by atomic mass is 9.80. The number of carboxylic acid groups (broad SMARTS) is 1. The summed E-state index contributed by atoms with van der Waals surface area (Å²) in [6.07, 6.45) is 1.11. The van der Waals surface area contributed by atoms with Crippen LogP contribution < -0.4 is 10.5 Å². The summed E-state index contributed by atoms with van der Waals surface area (Å²) in [6, 6.07) is 22.0. The fourth-order valence-electron chi connectivity index (χ4n) is 4.69. The lowest BCUT2D eigenvalue weighted by Crippen LogP contribution is -2.41. The van der Waals surface area contributed by atoms with E-state index in [1.807, 2.05) is 75.4 Å². The quantitative estimate of drug-likeness (QED) is 0.263. The molecule has 1 heterocycles. The first-order chi connectivity index (χ1) is 17.7. The molecule has 0 radical (unpaired) electrons. The Kier molecular flexibility index (Phi) is 7.96. The molecule has 1 amide bonds. The number of nitrogens with one attached hydrogen (secondary N) is 1. The fourth-order valence-corrected chi connectivity index (χ4v) is 4.69. The number of carbonyl (C=O) groups is 1. The number of fused-ring (bicyclic) bond motifs is 1. The van der Waals surface area contributed by atoms with Crippen molar-refractivity contribution in [1.29, 1.82) is 0 Å². The smallest absolute Gasteiger partial charge is 0.438 e. The van der Waals surface area contributed by atoms with Crippen molar-refractivity contribution in [2.45, 2.75) is 46.1 Å².